The van der Waals surface area contributed by atoms with Crippen LogP contribution in [0.25, 0.3) is 22.2 Å². The highest BCUT2D eigenvalue weighted by molar-refractivity contribution is 6.00. The van der Waals surface area contributed by atoms with E-state index in [1.165, 1.54) is 25.7 Å². The van der Waals surface area contributed by atoms with Crippen molar-refractivity contribution in [1.82, 2.24) is 30.6 Å². The highest BCUT2D eigenvalue weighted by Crippen LogP contribution is 2.33. The molecular formula is C26H31N7O2. The topological polar surface area (TPSA) is 122 Å². The van der Waals surface area contributed by atoms with E-state index in [1.807, 2.05) is 45.9 Å². The van der Waals surface area contributed by atoms with Gasteiger partial charge in [-0.1, -0.05) is 63.0 Å². The molecule has 0 saturated heterocycles. The van der Waals surface area contributed by atoms with E-state index in [0.29, 0.717) is 11.9 Å². The van der Waals surface area contributed by atoms with Crippen LogP contribution < -0.4 is 10.6 Å². The molecule has 9 nitrogen and oxygen atoms in total. The van der Waals surface area contributed by atoms with Crippen molar-refractivity contribution in [3.05, 3.63) is 53.8 Å². The minimum atomic E-state index is -0.388. The fourth-order valence-electron chi connectivity index (χ4n) is 4.47. The Morgan fingerprint density at radius 1 is 1.14 bits per heavy atom. The van der Waals surface area contributed by atoms with Crippen molar-refractivity contribution in [2.45, 2.75) is 70.9 Å². The van der Waals surface area contributed by atoms with E-state index < -0.39 is 0 Å². The number of amides is 1. The first-order valence-electron chi connectivity index (χ1n) is 12.1. The molecule has 0 bridgehead atoms. The first kappa shape index (κ1) is 23.0. The van der Waals surface area contributed by atoms with Gasteiger partial charge < -0.3 is 15.2 Å². The van der Waals surface area contributed by atoms with Gasteiger partial charge in [-0.3, -0.25) is 9.89 Å². The summed E-state index contributed by atoms with van der Waals surface area (Å²) < 4.78 is 5.16. The van der Waals surface area contributed by atoms with Gasteiger partial charge in [-0.2, -0.15) is 10.1 Å². The van der Waals surface area contributed by atoms with Crippen molar-refractivity contribution >= 4 is 22.8 Å². The monoisotopic (exact) mass is 473 g/mol. The van der Waals surface area contributed by atoms with Crippen molar-refractivity contribution < 1.29 is 9.32 Å². The van der Waals surface area contributed by atoms with Gasteiger partial charge in [-0.25, -0.2) is 4.98 Å². The molecule has 4 aromatic rings. The number of aromatic nitrogens is 5. The SMILES string of the molecule is CC(NC(=O)c1nc(C(C)(C)C)no1)c1ccc(-c2ccnc3[nH]nc(NC4CCCC4)c23)cc1. The lowest BCUT2D eigenvalue weighted by molar-refractivity contribution is 0.0895. The molecule has 1 aliphatic carbocycles. The molecule has 0 radical (unpaired) electrons. The molecule has 1 unspecified atom stereocenters. The Morgan fingerprint density at radius 2 is 1.89 bits per heavy atom. The van der Waals surface area contributed by atoms with E-state index in [9.17, 15) is 4.79 Å². The van der Waals surface area contributed by atoms with Crippen LogP contribution >= 0.6 is 0 Å². The van der Waals surface area contributed by atoms with Gasteiger partial charge >= 0.3 is 11.8 Å². The summed E-state index contributed by atoms with van der Waals surface area (Å²) in [5.74, 6) is 0.944. The number of H-pyrrole nitrogens is 1. The zero-order chi connectivity index (χ0) is 24.6. The van der Waals surface area contributed by atoms with Gasteiger partial charge in [0.05, 0.1) is 11.4 Å². The lowest BCUT2D eigenvalue weighted by atomic mass is 9.96. The van der Waals surface area contributed by atoms with E-state index in [4.69, 9.17) is 4.52 Å². The standard InChI is InChI=1S/C26H31N7O2/c1-15(28-23(34)24-30-25(33-35-24)26(2,3)4)16-9-11-17(12-10-16)19-13-14-27-21-20(19)22(32-31-21)29-18-7-5-6-8-18/h9-15,18H,5-8H2,1-4H3,(H,28,34)(H2,27,29,31,32). The molecule has 1 aromatic carbocycles. The zero-order valence-corrected chi connectivity index (χ0v) is 20.6. The summed E-state index contributed by atoms with van der Waals surface area (Å²) in [7, 11) is 0. The molecule has 3 heterocycles. The van der Waals surface area contributed by atoms with Crippen LogP contribution in [0.2, 0.25) is 0 Å². The van der Waals surface area contributed by atoms with E-state index in [0.717, 1.165) is 33.5 Å². The summed E-state index contributed by atoms with van der Waals surface area (Å²) in [6.45, 7) is 7.84. The lowest BCUT2D eigenvalue weighted by Gasteiger charge is -2.15. The van der Waals surface area contributed by atoms with Gasteiger partial charge in [-0.15, -0.1) is 0 Å². The highest BCUT2D eigenvalue weighted by atomic mass is 16.5. The second-order valence-electron chi connectivity index (χ2n) is 10.3. The largest absolute Gasteiger partial charge is 0.365 e. The van der Waals surface area contributed by atoms with Crippen LogP contribution in [0.4, 0.5) is 5.82 Å². The van der Waals surface area contributed by atoms with Crippen LogP contribution in [0.5, 0.6) is 0 Å². The Balaban J connectivity index is 1.33. The summed E-state index contributed by atoms with van der Waals surface area (Å²) in [5, 5.41) is 19.0. The summed E-state index contributed by atoms with van der Waals surface area (Å²) in [5.41, 5.74) is 3.57. The van der Waals surface area contributed by atoms with Gasteiger partial charge in [0, 0.05) is 17.7 Å². The van der Waals surface area contributed by atoms with Gasteiger partial charge in [0.15, 0.2) is 17.3 Å². The third-order valence-corrected chi connectivity index (χ3v) is 6.52. The number of carbonyl (C=O) groups is 1. The second-order valence-corrected chi connectivity index (χ2v) is 10.3. The van der Waals surface area contributed by atoms with Gasteiger partial charge in [0.2, 0.25) is 0 Å². The third-order valence-electron chi connectivity index (χ3n) is 6.52. The third kappa shape index (κ3) is 4.76. The Morgan fingerprint density at radius 3 is 2.57 bits per heavy atom. The fourth-order valence-corrected chi connectivity index (χ4v) is 4.47. The van der Waals surface area contributed by atoms with Gasteiger partial charge in [-0.05, 0) is 42.5 Å². The molecule has 9 heteroatoms. The average molecular weight is 474 g/mol. The molecule has 3 N–H and O–H groups in total. The molecule has 1 atom stereocenters. The number of aromatic amines is 1. The number of pyridine rings is 1. The van der Waals surface area contributed by atoms with Crippen molar-refractivity contribution in [2.24, 2.45) is 0 Å². The minimum absolute atomic E-state index is 0.0279. The average Bonchev–Trinajstić information content (AvgIpc) is 3.60. The number of benzene rings is 1. The Labute approximate surface area is 204 Å². The molecule has 0 aliphatic heterocycles. The molecule has 1 aliphatic rings. The Kier molecular flexibility index (Phi) is 6.00. The van der Waals surface area contributed by atoms with Gasteiger partial charge in [0.1, 0.15) is 0 Å². The van der Waals surface area contributed by atoms with E-state index >= 15 is 0 Å². The summed E-state index contributed by atoms with van der Waals surface area (Å²) in [6.07, 6.45) is 6.64. The number of nitrogens with one attached hydrogen (secondary N) is 3. The van der Waals surface area contributed by atoms with Crippen molar-refractivity contribution in [2.75, 3.05) is 5.32 Å². The number of hydrogen-bond acceptors (Lipinski definition) is 7. The molecule has 5 rings (SSSR count). The molecule has 1 saturated carbocycles. The fraction of sp³-hybridized carbons (Fsp3) is 0.423. The normalized spacial score (nSPS) is 15.4. The van der Waals surface area contributed by atoms with Crippen LogP contribution in [0.3, 0.4) is 0 Å². The smallest absolute Gasteiger partial charge is 0.315 e. The molecule has 0 spiro atoms. The summed E-state index contributed by atoms with van der Waals surface area (Å²) >= 11 is 0. The predicted molar refractivity (Wildman–Crippen MR) is 134 cm³/mol. The maximum atomic E-state index is 12.6. The van der Waals surface area contributed by atoms with Gasteiger partial charge in [0.25, 0.3) is 0 Å². The lowest BCUT2D eigenvalue weighted by Crippen LogP contribution is -2.27. The van der Waals surface area contributed by atoms with Crippen LogP contribution in [0.15, 0.2) is 41.1 Å². The predicted octanol–water partition coefficient (Wildman–Crippen LogP) is 5.15. The van der Waals surface area contributed by atoms with E-state index in [-0.39, 0.29) is 23.3 Å². The quantitative estimate of drug-likeness (QED) is 0.354. The van der Waals surface area contributed by atoms with Crippen molar-refractivity contribution in [1.29, 1.82) is 0 Å². The number of anilines is 1. The number of nitrogens with zero attached hydrogens (tertiary/aromatic N) is 4. The molecular weight excluding hydrogens is 442 g/mol. The van der Waals surface area contributed by atoms with Crippen molar-refractivity contribution in [3.8, 4) is 11.1 Å². The second kappa shape index (κ2) is 9.13. The molecule has 1 amide bonds. The van der Waals surface area contributed by atoms with Crippen LogP contribution in [-0.2, 0) is 5.41 Å². The number of carbonyl (C=O) groups excluding carboxylic acids is 1. The Bertz CT molecular complexity index is 1330. The van der Waals surface area contributed by atoms with Crippen LogP contribution in [0.1, 0.15) is 81.5 Å². The molecule has 3 aromatic heterocycles. The summed E-state index contributed by atoms with van der Waals surface area (Å²) in [6, 6.07) is 10.4. The molecule has 182 valence electrons. The maximum absolute atomic E-state index is 12.6. The van der Waals surface area contributed by atoms with Crippen molar-refractivity contribution in [3.63, 3.8) is 0 Å². The first-order valence-corrected chi connectivity index (χ1v) is 12.1. The molecule has 35 heavy (non-hydrogen) atoms. The highest BCUT2D eigenvalue weighted by Gasteiger charge is 2.25. The van der Waals surface area contributed by atoms with E-state index in [1.54, 1.807) is 6.20 Å². The van der Waals surface area contributed by atoms with E-state index in [2.05, 4.69) is 48.1 Å². The number of hydrogen-bond donors (Lipinski definition) is 3. The van der Waals surface area contributed by atoms with Crippen LogP contribution in [0, 0.1) is 0 Å². The van der Waals surface area contributed by atoms with Crippen LogP contribution in [-0.4, -0.2) is 37.3 Å². The molecule has 1 fully saturated rings. The minimum Gasteiger partial charge on any atom is -0.365 e. The summed E-state index contributed by atoms with van der Waals surface area (Å²) in [4.78, 5) is 21.3. The first-order chi connectivity index (χ1) is 16.8. The maximum Gasteiger partial charge on any atom is 0.315 e. The number of rotatable bonds is 6. The zero-order valence-electron chi connectivity index (χ0n) is 20.6. The Hall–Kier alpha value is -3.75. The number of fused-ring (bicyclic) bond motifs is 1.